The van der Waals surface area contributed by atoms with Crippen LogP contribution < -0.4 is 5.32 Å². The number of carbonyl (C=O) groups is 1. The van der Waals surface area contributed by atoms with Gasteiger partial charge < -0.3 is 10.3 Å². The van der Waals surface area contributed by atoms with Crippen LogP contribution in [-0.4, -0.2) is 23.4 Å². The van der Waals surface area contributed by atoms with Gasteiger partial charge in [-0.1, -0.05) is 13.8 Å². The molecule has 0 atom stereocenters. The second kappa shape index (κ2) is 4.07. The van der Waals surface area contributed by atoms with Gasteiger partial charge in [0.2, 0.25) is 0 Å². The number of aromatic nitrogens is 1. The fraction of sp³-hybridized carbons (Fsp3) is 0.444. The fourth-order valence-electron chi connectivity index (χ4n) is 0.896. The average molecular weight is 166 g/mol. The Morgan fingerprint density at radius 2 is 2.42 bits per heavy atom. The van der Waals surface area contributed by atoms with Crippen molar-refractivity contribution in [1.82, 2.24) is 10.3 Å². The SMILES string of the molecule is CC(C)NCC(=O)c1cc[nH]c1. The zero-order valence-electron chi connectivity index (χ0n) is 7.42. The molecule has 0 fully saturated rings. The zero-order valence-corrected chi connectivity index (χ0v) is 7.42. The largest absolute Gasteiger partial charge is 0.367 e. The van der Waals surface area contributed by atoms with E-state index in [0.29, 0.717) is 12.6 Å². The fourth-order valence-corrected chi connectivity index (χ4v) is 0.896. The lowest BCUT2D eigenvalue weighted by molar-refractivity contribution is 0.0988. The maximum Gasteiger partial charge on any atom is 0.178 e. The van der Waals surface area contributed by atoms with Gasteiger partial charge in [0.15, 0.2) is 5.78 Å². The number of hydrogen-bond donors (Lipinski definition) is 2. The van der Waals surface area contributed by atoms with E-state index in [0.717, 1.165) is 5.56 Å². The number of rotatable bonds is 4. The van der Waals surface area contributed by atoms with Crippen LogP contribution in [0.5, 0.6) is 0 Å². The quantitative estimate of drug-likeness (QED) is 0.660. The van der Waals surface area contributed by atoms with Crippen molar-refractivity contribution in [1.29, 1.82) is 0 Å². The molecule has 0 radical (unpaired) electrons. The van der Waals surface area contributed by atoms with E-state index in [1.54, 1.807) is 18.5 Å². The van der Waals surface area contributed by atoms with Crippen molar-refractivity contribution in [3.63, 3.8) is 0 Å². The molecule has 0 bridgehead atoms. The predicted molar refractivity (Wildman–Crippen MR) is 48.3 cm³/mol. The first-order valence-electron chi connectivity index (χ1n) is 4.09. The Balaban J connectivity index is 2.40. The van der Waals surface area contributed by atoms with E-state index < -0.39 is 0 Å². The molecule has 1 aromatic rings. The maximum atomic E-state index is 11.3. The Kier molecular flexibility index (Phi) is 3.05. The molecule has 0 saturated heterocycles. The van der Waals surface area contributed by atoms with Gasteiger partial charge in [0, 0.05) is 24.0 Å². The highest BCUT2D eigenvalue weighted by Gasteiger charge is 2.05. The number of carbonyl (C=O) groups excluding carboxylic acids is 1. The molecule has 0 aliphatic carbocycles. The van der Waals surface area contributed by atoms with Crippen molar-refractivity contribution in [3.8, 4) is 0 Å². The first-order valence-corrected chi connectivity index (χ1v) is 4.09. The Morgan fingerprint density at radius 3 is 2.92 bits per heavy atom. The lowest BCUT2D eigenvalue weighted by atomic mass is 10.2. The number of Topliss-reactive ketones (excluding diaryl/α,β-unsaturated/α-hetero) is 1. The van der Waals surface area contributed by atoms with E-state index in [9.17, 15) is 4.79 Å². The lowest BCUT2D eigenvalue weighted by Crippen LogP contribution is -2.28. The first kappa shape index (κ1) is 9.00. The number of H-pyrrole nitrogens is 1. The van der Waals surface area contributed by atoms with E-state index in [4.69, 9.17) is 0 Å². The minimum Gasteiger partial charge on any atom is -0.367 e. The van der Waals surface area contributed by atoms with Gasteiger partial charge in [0.25, 0.3) is 0 Å². The third-order valence-electron chi connectivity index (χ3n) is 1.59. The summed E-state index contributed by atoms with van der Waals surface area (Å²) in [5.74, 6) is 0.130. The smallest absolute Gasteiger partial charge is 0.178 e. The van der Waals surface area contributed by atoms with Crippen LogP contribution in [0.3, 0.4) is 0 Å². The Bertz CT molecular complexity index is 239. The maximum absolute atomic E-state index is 11.3. The van der Waals surface area contributed by atoms with Gasteiger partial charge in [-0.3, -0.25) is 4.79 Å². The molecule has 0 aliphatic rings. The molecule has 0 unspecified atom stereocenters. The van der Waals surface area contributed by atoms with Crippen LogP contribution in [0.15, 0.2) is 18.5 Å². The van der Waals surface area contributed by atoms with Crippen molar-refractivity contribution in [2.45, 2.75) is 19.9 Å². The van der Waals surface area contributed by atoms with E-state index in [1.165, 1.54) is 0 Å². The highest BCUT2D eigenvalue weighted by Crippen LogP contribution is 1.96. The molecule has 0 amide bonds. The summed E-state index contributed by atoms with van der Waals surface area (Å²) in [6.45, 7) is 4.45. The second-order valence-corrected chi connectivity index (χ2v) is 3.06. The summed E-state index contributed by atoms with van der Waals surface area (Å²) in [5, 5.41) is 3.07. The molecular weight excluding hydrogens is 152 g/mol. The predicted octanol–water partition coefficient (Wildman–Crippen LogP) is 1.20. The minimum atomic E-state index is 0.130. The van der Waals surface area contributed by atoms with Crippen LogP contribution >= 0.6 is 0 Å². The molecule has 0 aromatic carbocycles. The second-order valence-electron chi connectivity index (χ2n) is 3.06. The van der Waals surface area contributed by atoms with E-state index in [2.05, 4.69) is 10.3 Å². The molecule has 0 spiro atoms. The lowest BCUT2D eigenvalue weighted by Gasteiger charge is -2.05. The van der Waals surface area contributed by atoms with Crippen LogP contribution in [-0.2, 0) is 0 Å². The van der Waals surface area contributed by atoms with Crippen molar-refractivity contribution >= 4 is 5.78 Å². The molecule has 2 N–H and O–H groups in total. The van der Waals surface area contributed by atoms with Gasteiger partial charge in [0.1, 0.15) is 0 Å². The van der Waals surface area contributed by atoms with Gasteiger partial charge >= 0.3 is 0 Å². The van der Waals surface area contributed by atoms with Crippen LogP contribution in [0, 0.1) is 0 Å². The summed E-state index contributed by atoms with van der Waals surface area (Å²) in [7, 11) is 0. The van der Waals surface area contributed by atoms with E-state index >= 15 is 0 Å². The summed E-state index contributed by atoms with van der Waals surface area (Å²) in [5.41, 5.74) is 0.739. The van der Waals surface area contributed by atoms with Gasteiger partial charge in [-0.25, -0.2) is 0 Å². The van der Waals surface area contributed by atoms with Gasteiger partial charge in [-0.2, -0.15) is 0 Å². The van der Waals surface area contributed by atoms with E-state index in [-0.39, 0.29) is 5.78 Å². The third-order valence-corrected chi connectivity index (χ3v) is 1.59. The molecule has 1 rings (SSSR count). The molecule has 1 aromatic heterocycles. The summed E-state index contributed by atoms with van der Waals surface area (Å²) >= 11 is 0. The number of hydrogen-bond acceptors (Lipinski definition) is 2. The average Bonchev–Trinajstić information content (AvgIpc) is 2.51. The molecule has 0 aliphatic heterocycles. The van der Waals surface area contributed by atoms with Gasteiger partial charge in [-0.15, -0.1) is 0 Å². The molecular formula is C9H14N2O. The molecule has 3 nitrogen and oxygen atoms in total. The number of ketones is 1. The van der Waals surface area contributed by atoms with Crippen LogP contribution in [0.1, 0.15) is 24.2 Å². The monoisotopic (exact) mass is 166 g/mol. The van der Waals surface area contributed by atoms with Crippen LogP contribution in [0.25, 0.3) is 0 Å². The highest BCUT2D eigenvalue weighted by atomic mass is 16.1. The van der Waals surface area contributed by atoms with Crippen molar-refractivity contribution < 1.29 is 4.79 Å². The van der Waals surface area contributed by atoms with Gasteiger partial charge in [-0.05, 0) is 6.07 Å². The topological polar surface area (TPSA) is 44.9 Å². The Morgan fingerprint density at radius 1 is 1.67 bits per heavy atom. The Labute approximate surface area is 72.2 Å². The Hall–Kier alpha value is -1.09. The van der Waals surface area contributed by atoms with Crippen molar-refractivity contribution in [2.24, 2.45) is 0 Å². The molecule has 3 heteroatoms. The molecule has 12 heavy (non-hydrogen) atoms. The number of aromatic amines is 1. The normalized spacial score (nSPS) is 10.6. The standard InChI is InChI=1S/C9H14N2O/c1-7(2)11-6-9(12)8-3-4-10-5-8/h3-5,7,10-11H,6H2,1-2H3. The summed E-state index contributed by atoms with van der Waals surface area (Å²) in [6, 6.07) is 2.14. The van der Waals surface area contributed by atoms with Crippen LogP contribution in [0.2, 0.25) is 0 Å². The van der Waals surface area contributed by atoms with Crippen molar-refractivity contribution in [3.05, 3.63) is 24.0 Å². The number of nitrogens with one attached hydrogen (secondary N) is 2. The highest BCUT2D eigenvalue weighted by molar-refractivity contribution is 5.97. The summed E-state index contributed by atoms with van der Waals surface area (Å²) < 4.78 is 0. The molecule has 66 valence electrons. The minimum absolute atomic E-state index is 0.130. The first-order chi connectivity index (χ1) is 5.70. The summed E-state index contributed by atoms with van der Waals surface area (Å²) in [6.07, 6.45) is 3.47. The van der Waals surface area contributed by atoms with Crippen molar-refractivity contribution in [2.75, 3.05) is 6.54 Å². The molecule has 0 saturated carbocycles. The van der Waals surface area contributed by atoms with E-state index in [1.807, 2.05) is 13.8 Å². The van der Waals surface area contributed by atoms with Crippen LogP contribution in [0.4, 0.5) is 0 Å². The zero-order chi connectivity index (χ0) is 8.97. The molecule has 1 heterocycles. The third kappa shape index (κ3) is 2.51. The van der Waals surface area contributed by atoms with Gasteiger partial charge in [0.05, 0.1) is 6.54 Å². The summed E-state index contributed by atoms with van der Waals surface area (Å²) in [4.78, 5) is 14.2.